The lowest BCUT2D eigenvalue weighted by Crippen LogP contribution is -2.44. The van der Waals surface area contributed by atoms with Crippen molar-refractivity contribution in [2.45, 2.75) is 42.6 Å². The number of alkyl halides is 1. The number of piperidine rings is 1. The van der Waals surface area contributed by atoms with Gasteiger partial charge < -0.3 is 4.90 Å². The van der Waals surface area contributed by atoms with Crippen LogP contribution in [0.2, 0.25) is 0 Å². The van der Waals surface area contributed by atoms with Gasteiger partial charge in [-0.3, -0.25) is 0 Å². The maximum absolute atomic E-state index is 4.62. The van der Waals surface area contributed by atoms with Gasteiger partial charge in [0.15, 0.2) is 5.82 Å². The van der Waals surface area contributed by atoms with Crippen LogP contribution in [0.4, 0.5) is 5.82 Å². The van der Waals surface area contributed by atoms with Crippen LogP contribution in [-0.4, -0.2) is 31.5 Å². The van der Waals surface area contributed by atoms with Crippen molar-refractivity contribution in [3.63, 3.8) is 0 Å². The van der Waals surface area contributed by atoms with Crippen LogP contribution in [0.15, 0.2) is 24.7 Å². The van der Waals surface area contributed by atoms with Crippen molar-refractivity contribution in [3.8, 4) is 0 Å². The number of halogens is 1. The third kappa shape index (κ3) is 1.49. The Hall–Kier alpha value is -1.10. The Labute approximate surface area is 114 Å². The van der Waals surface area contributed by atoms with Gasteiger partial charge in [-0.05, 0) is 31.7 Å². The van der Waals surface area contributed by atoms with Gasteiger partial charge in [0.2, 0.25) is 0 Å². The second-order valence-electron chi connectivity index (χ2n) is 5.27. The van der Waals surface area contributed by atoms with E-state index in [1.165, 1.54) is 25.7 Å². The maximum Gasteiger partial charge on any atom is 0.155 e. The van der Waals surface area contributed by atoms with Crippen LogP contribution in [0.5, 0.6) is 0 Å². The molecule has 18 heavy (non-hydrogen) atoms. The molecule has 94 valence electrons. The van der Waals surface area contributed by atoms with Crippen LogP contribution in [-0.2, 0) is 0 Å². The highest BCUT2D eigenvalue weighted by atomic mass is 79.9. The van der Waals surface area contributed by atoms with E-state index in [-0.39, 0.29) is 0 Å². The van der Waals surface area contributed by atoms with Crippen LogP contribution in [0.25, 0.3) is 5.52 Å². The molecule has 0 amide bonds. The van der Waals surface area contributed by atoms with Gasteiger partial charge in [0.1, 0.15) is 5.52 Å². The van der Waals surface area contributed by atoms with E-state index in [2.05, 4.69) is 37.0 Å². The molecule has 4 rings (SSSR count). The van der Waals surface area contributed by atoms with E-state index >= 15 is 0 Å². The van der Waals surface area contributed by atoms with Crippen LogP contribution in [0.3, 0.4) is 0 Å². The molecule has 0 spiro atoms. The first-order chi connectivity index (χ1) is 8.83. The van der Waals surface area contributed by atoms with Gasteiger partial charge >= 0.3 is 0 Å². The number of fused-ring (bicyclic) bond motifs is 3. The Morgan fingerprint density at radius 2 is 1.94 bits per heavy atom. The molecule has 0 radical (unpaired) electrons. The van der Waals surface area contributed by atoms with Gasteiger partial charge in [0.25, 0.3) is 0 Å². The fraction of sp³-hybridized carbons (Fsp3) is 0.538. The number of nitrogens with zero attached hydrogens (tertiary/aromatic N) is 4. The maximum atomic E-state index is 4.62. The standard InChI is InChI=1S/C13H15BrN4/c14-9-7-10-1-2-11(8-9)18(10)13-12-3-4-16-17(12)6-5-15-13/h3-6,9-11H,1-2,7-8H2. The molecule has 2 aliphatic rings. The summed E-state index contributed by atoms with van der Waals surface area (Å²) >= 11 is 3.79. The van der Waals surface area contributed by atoms with Crippen LogP contribution in [0.1, 0.15) is 25.7 Å². The number of hydrogen-bond acceptors (Lipinski definition) is 3. The normalized spacial score (nSPS) is 31.2. The Kier molecular flexibility index (Phi) is 2.37. The molecule has 2 aromatic rings. The summed E-state index contributed by atoms with van der Waals surface area (Å²) in [7, 11) is 0. The predicted octanol–water partition coefficient (Wildman–Crippen LogP) is 2.62. The molecule has 4 nitrogen and oxygen atoms in total. The molecule has 4 heterocycles. The van der Waals surface area contributed by atoms with E-state index in [0.717, 1.165) is 11.3 Å². The predicted molar refractivity (Wildman–Crippen MR) is 74.2 cm³/mol. The average molecular weight is 307 g/mol. The highest BCUT2D eigenvalue weighted by Crippen LogP contribution is 2.41. The van der Waals surface area contributed by atoms with E-state index in [1.807, 2.05) is 23.1 Å². The molecule has 2 atom stereocenters. The Morgan fingerprint density at radius 3 is 2.72 bits per heavy atom. The number of aromatic nitrogens is 3. The van der Waals surface area contributed by atoms with Crippen LogP contribution >= 0.6 is 15.9 Å². The van der Waals surface area contributed by atoms with Crippen molar-refractivity contribution >= 4 is 27.3 Å². The summed E-state index contributed by atoms with van der Waals surface area (Å²) in [4.78, 5) is 7.83. The lowest BCUT2D eigenvalue weighted by Gasteiger charge is -2.38. The Morgan fingerprint density at radius 1 is 1.17 bits per heavy atom. The minimum absolute atomic E-state index is 0.640. The van der Waals surface area contributed by atoms with E-state index in [9.17, 15) is 0 Å². The summed E-state index contributed by atoms with van der Waals surface area (Å²) in [6.07, 6.45) is 10.7. The van der Waals surface area contributed by atoms with Gasteiger partial charge in [-0.15, -0.1) is 0 Å². The minimum atomic E-state index is 0.640. The van der Waals surface area contributed by atoms with Crippen LogP contribution in [0, 0.1) is 0 Å². The van der Waals surface area contributed by atoms with Gasteiger partial charge in [0.05, 0.1) is 6.20 Å². The van der Waals surface area contributed by atoms with Crippen molar-refractivity contribution in [1.29, 1.82) is 0 Å². The zero-order valence-electron chi connectivity index (χ0n) is 10.0. The van der Waals surface area contributed by atoms with Crippen LogP contribution < -0.4 is 4.90 Å². The zero-order valence-corrected chi connectivity index (χ0v) is 11.6. The topological polar surface area (TPSA) is 33.4 Å². The van der Waals surface area contributed by atoms with Gasteiger partial charge in [-0.2, -0.15) is 5.10 Å². The van der Waals surface area contributed by atoms with Crippen molar-refractivity contribution in [2.75, 3.05) is 4.90 Å². The number of rotatable bonds is 1. The highest BCUT2D eigenvalue weighted by molar-refractivity contribution is 9.09. The molecule has 5 heteroatoms. The van der Waals surface area contributed by atoms with Gasteiger partial charge in [0, 0.05) is 29.3 Å². The largest absolute Gasteiger partial charge is 0.349 e. The summed E-state index contributed by atoms with van der Waals surface area (Å²) in [5.41, 5.74) is 1.13. The monoisotopic (exact) mass is 306 g/mol. The molecular formula is C13H15BrN4. The highest BCUT2D eigenvalue weighted by Gasteiger charge is 2.41. The third-order valence-corrected chi connectivity index (χ3v) is 4.97. The second-order valence-corrected chi connectivity index (χ2v) is 6.57. The van der Waals surface area contributed by atoms with Crippen molar-refractivity contribution in [1.82, 2.24) is 14.6 Å². The smallest absolute Gasteiger partial charge is 0.155 e. The quantitative estimate of drug-likeness (QED) is 0.759. The lowest BCUT2D eigenvalue weighted by atomic mass is 10.0. The molecule has 0 saturated carbocycles. The molecule has 0 aliphatic carbocycles. The average Bonchev–Trinajstić information content (AvgIpc) is 2.92. The first kappa shape index (κ1) is 10.8. The summed E-state index contributed by atoms with van der Waals surface area (Å²) in [6, 6.07) is 3.34. The first-order valence-corrected chi connectivity index (χ1v) is 7.45. The molecule has 2 aliphatic heterocycles. The fourth-order valence-electron chi connectivity index (χ4n) is 3.50. The third-order valence-electron chi connectivity index (χ3n) is 4.22. The van der Waals surface area contributed by atoms with E-state index < -0.39 is 0 Å². The summed E-state index contributed by atoms with van der Waals surface area (Å²) in [6.45, 7) is 0. The van der Waals surface area contributed by atoms with Gasteiger partial charge in [-0.1, -0.05) is 15.9 Å². The molecule has 2 aromatic heterocycles. The first-order valence-electron chi connectivity index (χ1n) is 6.53. The molecule has 2 bridgehead atoms. The van der Waals surface area contributed by atoms with Crippen molar-refractivity contribution in [3.05, 3.63) is 24.7 Å². The summed E-state index contributed by atoms with van der Waals surface area (Å²) in [5, 5.41) is 4.30. The molecule has 2 saturated heterocycles. The molecular weight excluding hydrogens is 292 g/mol. The van der Waals surface area contributed by atoms with E-state index in [4.69, 9.17) is 0 Å². The fourth-order valence-corrected chi connectivity index (χ4v) is 4.36. The Bertz CT molecular complexity index is 567. The lowest BCUT2D eigenvalue weighted by molar-refractivity contribution is 0.480. The Balaban J connectivity index is 1.81. The minimum Gasteiger partial charge on any atom is -0.349 e. The second kappa shape index (κ2) is 3.95. The number of anilines is 1. The summed E-state index contributed by atoms with van der Waals surface area (Å²) in [5.74, 6) is 1.11. The van der Waals surface area contributed by atoms with Crippen molar-refractivity contribution < 1.29 is 0 Å². The SMILES string of the molecule is BrC1CC2CCC(C1)N2c1nccn2nccc12. The molecule has 0 N–H and O–H groups in total. The van der Waals surface area contributed by atoms with Crippen molar-refractivity contribution in [2.24, 2.45) is 0 Å². The molecule has 0 aromatic carbocycles. The molecule has 2 unspecified atom stereocenters. The summed E-state index contributed by atoms with van der Waals surface area (Å²) < 4.78 is 1.92. The van der Waals surface area contributed by atoms with Gasteiger partial charge in [-0.25, -0.2) is 9.50 Å². The zero-order chi connectivity index (χ0) is 12.1. The number of hydrogen-bond donors (Lipinski definition) is 0. The van der Waals surface area contributed by atoms with E-state index in [1.54, 1.807) is 0 Å². The van der Waals surface area contributed by atoms with E-state index in [0.29, 0.717) is 16.9 Å². The molecule has 2 fully saturated rings.